The van der Waals surface area contributed by atoms with Crippen LogP contribution in [-0.2, 0) is 5.54 Å². The van der Waals surface area contributed by atoms with Gasteiger partial charge in [-0.1, -0.05) is 31.5 Å². The summed E-state index contributed by atoms with van der Waals surface area (Å²) >= 11 is 6.00. The molecule has 0 aromatic heterocycles. The van der Waals surface area contributed by atoms with Gasteiger partial charge in [-0.3, -0.25) is 0 Å². The van der Waals surface area contributed by atoms with Crippen LogP contribution in [0.4, 0.5) is 4.39 Å². The van der Waals surface area contributed by atoms with Crippen LogP contribution in [0.5, 0.6) is 0 Å². The van der Waals surface area contributed by atoms with Gasteiger partial charge in [0.25, 0.3) is 0 Å². The fraction of sp³-hybridized carbons (Fsp3) is 0.571. The molecule has 3 heteroatoms. The lowest BCUT2D eigenvalue weighted by Gasteiger charge is -2.26. The molecule has 1 saturated heterocycles. The predicted octanol–water partition coefficient (Wildman–Crippen LogP) is 4.20. The molecule has 1 fully saturated rings. The average Bonchev–Trinajstić information content (AvgIpc) is 2.69. The Labute approximate surface area is 107 Å². The molecule has 0 bridgehead atoms. The van der Waals surface area contributed by atoms with Crippen LogP contribution in [0.25, 0.3) is 0 Å². The van der Waals surface area contributed by atoms with E-state index in [9.17, 15) is 4.39 Å². The smallest absolute Gasteiger partial charge is 0.145 e. The van der Waals surface area contributed by atoms with E-state index >= 15 is 0 Å². The second-order valence-electron chi connectivity index (χ2n) is 5.38. The Morgan fingerprint density at radius 1 is 1.41 bits per heavy atom. The topological polar surface area (TPSA) is 12.0 Å². The Kier molecular flexibility index (Phi) is 3.46. The molecule has 1 aromatic rings. The van der Waals surface area contributed by atoms with Crippen molar-refractivity contribution < 1.29 is 4.39 Å². The molecule has 1 unspecified atom stereocenters. The highest BCUT2D eigenvalue weighted by atomic mass is 35.5. The molecule has 1 atom stereocenters. The third-order valence-corrected chi connectivity index (χ3v) is 3.96. The summed E-state index contributed by atoms with van der Waals surface area (Å²) in [5.74, 6) is -0.121. The summed E-state index contributed by atoms with van der Waals surface area (Å²) in [5, 5.41) is 3.72. The van der Waals surface area contributed by atoms with E-state index in [1.54, 1.807) is 6.07 Å². The van der Waals surface area contributed by atoms with E-state index in [4.69, 9.17) is 11.6 Å². The minimum atomic E-state index is -0.271. The van der Waals surface area contributed by atoms with Gasteiger partial charge in [-0.05, 0) is 49.4 Å². The van der Waals surface area contributed by atoms with Crippen molar-refractivity contribution >= 4 is 11.6 Å². The van der Waals surface area contributed by atoms with Crippen molar-refractivity contribution in [2.75, 3.05) is 6.54 Å². The van der Waals surface area contributed by atoms with Crippen LogP contribution in [-0.4, -0.2) is 6.54 Å². The minimum absolute atomic E-state index is 0.0546. The van der Waals surface area contributed by atoms with Gasteiger partial charge in [0.2, 0.25) is 0 Å². The second kappa shape index (κ2) is 4.58. The normalized spacial score (nSPS) is 24.6. The van der Waals surface area contributed by atoms with Crippen LogP contribution in [0.1, 0.15) is 50.7 Å². The van der Waals surface area contributed by atoms with Gasteiger partial charge in [0, 0.05) is 5.54 Å². The lowest BCUT2D eigenvalue weighted by Crippen LogP contribution is -2.33. The molecule has 0 saturated carbocycles. The standard InChI is InChI=1S/C14H19ClFN/c1-9(2)11-7-10(8-12(15)13(11)16)14(3)5-4-6-17-14/h7-9,17H,4-6H2,1-3H3. The zero-order chi connectivity index (χ0) is 12.6. The highest BCUT2D eigenvalue weighted by molar-refractivity contribution is 6.30. The molecule has 1 aromatic carbocycles. The summed E-state index contributed by atoms with van der Waals surface area (Å²) in [4.78, 5) is 0. The second-order valence-corrected chi connectivity index (χ2v) is 5.79. The fourth-order valence-corrected chi connectivity index (χ4v) is 2.72. The lowest BCUT2D eigenvalue weighted by molar-refractivity contribution is 0.433. The molecular formula is C14H19ClFN. The van der Waals surface area contributed by atoms with Crippen LogP contribution >= 0.6 is 11.6 Å². The van der Waals surface area contributed by atoms with Crippen molar-refractivity contribution in [3.8, 4) is 0 Å². The molecule has 0 radical (unpaired) electrons. The molecule has 1 N–H and O–H groups in total. The number of benzene rings is 1. The minimum Gasteiger partial charge on any atom is -0.308 e. The van der Waals surface area contributed by atoms with Crippen molar-refractivity contribution in [1.82, 2.24) is 5.32 Å². The van der Waals surface area contributed by atoms with Crippen LogP contribution in [0, 0.1) is 5.82 Å². The summed E-state index contributed by atoms with van der Waals surface area (Å²) in [5.41, 5.74) is 1.76. The third-order valence-electron chi connectivity index (χ3n) is 3.68. The molecule has 1 heterocycles. The molecule has 94 valence electrons. The molecule has 2 rings (SSSR count). The van der Waals surface area contributed by atoms with Crippen molar-refractivity contribution in [3.05, 3.63) is 34.1 Å². The van der Waals surface area contributed by atoms with Crippen LogP contribution < -0.4 is 5.32 Å². The SMILES string of the molecule is CC(C)c1cc(C2(C)CCCN2)cc(Cl)c1F. The van der Waals surface area contributed by atoms with Crippen molar-refractivity contribution in [2.24, 2.45) is 0 Å². The van der Waals surface area contributed by atoms with Gasteiger partial charge in [-0.2, -0.15) is 0 Å². The van der Waals surface area contributed by atoms with Gasteiger partial charge in [-0.15, -0.1) is 0 Å². The summed E-state index contributed by atoms with van der Waals surface area (Å²) in [6.07, 6.45) is 2.23. The molecule has 0 spiro atoms. The highest BCUT2D eigenvalue weighted by Crippen LogP contribution is 2.35. The van der Waals surface area contributed by atoms with Gasteiger partial charge >= 0.3 is 0 Å². The zero-order valence-electron chi connectivity index (χ0n) is 10.6. The third kappa shape index (κ3) is 2.34. The summed E-state index contributed by atoms with van der Waals surface area (Å²) in [7, 11) is 0. The van der Waals surface area contributed by atoms with Crippen LogP contribution in [0.2, 0.25) is 5.02 Å². The van der Waals surface area contributed by atoms with E-state index in [0.29, 0.717) is 5.56 Å². The maximum atomic E-state index is 13.9. The van der Waals surface area contributed by atoms with Crippen LogP contribution in [0.15, 0.2) is 12.1 Å². The number of hydrogen-bond acceptors (Lipinski definition) is 1. The average molecular weight is 256 g/mol. The first kappa shape index (κ1) is 12.8. The highest BCUT2D eigenvalue weighted by Gasteiger charge is 2.31. The monoisotopic (exact) mass is 255 g/mol. The van der Waals surface area contributed by atoms with Crippen LogP contribution in [0.3, 0.4) is 0 Å². The first-order valence-electron chi connectivity index (χ1n) is 6.18. The summed E-state index contributed by atoms with van der Waals surface area (Å²) in [6.45, 7) is 7.15. The fourth-order valence-electron chi connectivity index (χ4n) is 2.49. The van der Waals surface area contributed by atoms with E-state index in [0.717, 1.165) is 24.9 Å². The van der Waals surface area contributed by atoms with Crippen molar-refractivity contribution in [1.29, 1.82) is 0 Å². The Morgan fingerprint density at radius 2 is 2.12 bits per heavy atom. The van der Waals surface area contributed by atoms with E-state index < -0.39 is 0 Å². The predicted molar refractivity (Wildman–Crippen MR) is 70.1 cm³/mol. The molecule has 1 aliphatic rings. The van der Waals surface area contributed by atoms with E-state index in [1.165, 1.54) is 0 Å². The molecule has 0 aliphatic carbocycles. The lowest BCUT2D eigenvalue weighted by atomic mass is 9.87. The quantitative estimate of drug-likeness (QED) is 0.835. The van der Waals surface area contributed by atoms with Gasteiger partial charge in [0.1, 0.15) is 5.82 Å². The molecule has 1 nitrogen and oxygen atoms in total. The van der Waals surface area contributed by atoms with E-state index in [-0.39, 0.29) is 22.3 Å². The molecule has 0 amide bonds. The summed E-state index contributed by atoms with van der Waals surface area (Å²) in [6, 6.07) is 3.73. The number of nitrogens with one attached hydrogen (secondary N) is 1. The Morgan fingerprint density at radius 3 is 2.65 bits per heavy atom. The van der Waals surface area contributed by atoms with Gasteiger partial charge in [0.05, 0.1) is 5.02 Å². The van der Waals surface area contributed by atoms with E-state index in [2.05, 4.69) is 12.2 Å². The molecular weight excluding hydrogens is 237 g/mol. The summed E-state index contributed by atoms with van der Waals surface area (Å²) < 4.78 is 13.9. The first-order valence-corrected chi connectivity index (χ1v) is 6.56. The Balaban J connectivity index is 2.49. The zero-order valence-corrected chi connectivity index (χ0v) is 11.4. The first-order chi connectivity index (χ1) is 7.94. The number of rotatable bonds is 2. The maximum absolute atomic E-state index is 13.9. The van der Waals surface area contributed by atoms with Gasteiger partial charge < -0.3 is 5.32 Å². The van der Waals surface area contributed by atoms with Gasteiger partial charge in [-0.25, -0.2) is 4.39 Å². The van der Waals surface area contributed by atoms with Crippen molar-refractivity contribution in [2.45, 2.75) is 45.1 Å². The maximum Gasteiger partial charge on any atom is 0.145 e. The number of hydrogen-bond donors (Lipinski definition) is 1. The van der Waals surface area contributed by atoms with Gasteiger partial charge in [0.15, 0.2) is 0 Å². The largest absolute Gasteiger partial charge is 0.308 e. The van der Waals surface area contributed by atoms with Crippen molar-refractivity contribution in [3.63, 3.8) is 0 Å². The Bertz CT molecular complexity index is 422. The molecule has 1 aliphatic heterocycles. The Hall–Kier alpha value is -0.600. The number of halogens is 2. The molecule has 17 heavy (non-hydrogen) atoms. The van der Waals surface area contributed by atoms with E-state index in [1.807, 2.05) is 19.9 Å².